The first-order chi connectivity index (χ1) is 10.4. The van der Waals surface area contributed by atoms with Gasteiger partial charge in [0, 0.05) is 41.5 Å². The van der Waals surface area contributed by atoms with Crippen molar-refractivity contribution in [3.8, 4) is 10.6 Å². The zero-order chi connectivity index (χ0) is 14.2. The van der Waals surface area contributed by atoms with Gasteiger partial charge < -0.3 is 10.0 Å². The van der Waals surface area contributed by atoms with Gasteiger partial charge in [-0.3, -0.25) is 4.98 Å². The third kappa shape index (κ3) is 2.23. The van der Waals surface area contributed by atoms with Crippen LogP contribution in [0, 0.1) is 0 Å². The highest BCUT2D eigenvalue weighted by atomic mass is 32.1. The number of fused-ring (bicyclic) bond motifs is 1. The summed E-state index contributed by atoms with van der Waals surface area (Å²) in [5.41, 5.74) is 1.10. The molecule has 4 nitrogen and oxygen atoms in total. The minimum absolute atomic E-state index is 0.228. The first kappa shape index (κ1) is 13.2. The summed E-state index contributed by atoms with van der Waals surface area (Å²) in [6, 6.07) is 2.49. The molecule has 3 aromatic rings. The fourth-order valence-corrected chi connectivity index (χ4v) is 4.75. The molecule has 21 heavy (non-hydrogen) atoms. The molecule has 1 saturated heterocycles. The van der Waals surface area contributed by atoms with Gasteiger partial charge in [0.05, 0.1) is 22.3 Å². The maximum absolute atomic E-state index is 9.52. The highest BCUT2D eigenvalue weighted by Gasteiger charge is 2.25. The van der Waals surface area contributed by atoms with E-state index in [0.717, 1.165) is 30.0 Å². The zero-order valence-corrected chi connectivity index (χ0v) is 13.0. The van der Waals surface area contributed by atoms with Crippen molar-refractivity contribution in [3.63, 3.8) is 0 Å². The number of aromatic nitrogens is 2. The second-order valence-electron chi connectivity index (χ2n) is 5.19. The molecule has 1 N–H and O–H groups in total. The van der Waals surface area contributed by atoms with Crippen molar-refractivity contribution in [2.45, 2.75) is 18.9 Å². The first-order valence-electron chi connectivity index (χ1n) is 7.02. The van der Waals surface area contributed by atoms with Crippen molar-refractivity contribution in [3.05, 3.63) is 30.0 Å². The number of hydrogen-bond acceptors (Lipinski definition) is 6. The lowest BCUT2D eigenvalue weighted by atomic mass is 10.2. The number of pyridine rings is 1. The molecule has 6 heteroatoms. The van der Waals surface area contributed by atoms with Crippen molar-refractivity contribution >= 4 is 37.8 Å². The summed E-state index contributed by atoms with van der Waals surface area (Å²) in [6.07, 6.45) is 7.86. The quantitative estimate of drug-likeness (QED) is 0.804. The predicted molar refractivity (Wildman–Crippen MR) is 88.2 cm³/mol. The summed E-state index contributed by atoms with van der Waals surface area (Å²) < 4.78 is 1.18. The zero-order valence-electron chi connectivity index (χ0n) is 11.4. The lowest BCUT2D eigenvalue weighted by molar-refractivity contribution is 0.266. The Morgan fingerprint density at radius 3 is 3.14 bits per heavy atom. The fraction of sp³-hybridized carbons (Fsp3) is 0.333. The van der Waals surface area contributed by atoms with E-state index in [1.54, 1.807) is 22.7 Å². The number of thiophene rings is 1. The topological polar surface area (TPSA) is 49.2 Å². The van der Waals surface area contributed by atoms with E-state index in [1.807, 2.05) is 24.0 Å². The molecule has 0 amide bonds. The third-order valence-corrected chi connectivity index (χ3v) is 5.88. The SMILES string of the molecule is OCC1CCCN1c1cc2c(-c3nccs3)cncc2s1. The average Bonchev–Trinajstić information content (AvgIpc) is 3.24. The van der Waals surface area contributed by atoms with E-state index in [0.29, 0.717) is 0 Å². The maximum atomic E-state index is 9.52. The monoisotopic (exact) mass is 317 g/mol. The molecule has 0 spiro atoms. The summed E-state index contributed by atoms with van der Waals surface area (Å²) in [5, 5.41) is 15.0. The van der Waals surface area contributed by atoms with Gasteiger partial charge in [-0.25, -0.2) is 4.98 Å². The second kappa shape index (κ2) is 5.36. The number of rotatable bonds is 3. The summed E-state index contributed by atoms with van der Waals surface area (Å²) in [5.74, 6) is 0. The van der Waals surface area contributed by atoms with Crippen molar-refractivity contribution in [2.24, 2.45) is 0 Å². The fourth-order valence-electron chi connectivity index (χ4n) is 2.93. The first-order valence-corrected chi connectivity index (χ1v) is 8.71. The van der Waals surface area contributed by atoms with E-state index in [9.17, 15) is 5.11 Å². The van der Waals surface area contributed by atoms with Crippen LogP contribution in [0.1, 0.15) is 12.8 Å². The smallest absolute Gasteiger partial charge is 0.125 e. The molecule has 1 aliphatic rings. The number of hydrogen-bond donors (Lipinski definition) is 1. The van der Waals surface area contributed by atoms with E-state index in [1.165, 1.54) is 15.1 Å². The van der Waals surface area contributed by atoms with Crippen LogP contribution in [0.4, 0.5) is 5.00 Å². The van der Waals surface area contributed by atoms with Gasteiger partial charge in [-0.2, -0.15) is 0 Å². The van der Waals surface area contributed by atoms with Gasteiger partial charge in [-0.05, 0) is 18.9 Å². The van der Waals surface area contributed by atoms with Crippen molar-refractivity contribution in [2.75, 3.05) is 18.1 Å². The van der Waals surface area contributed by atoms with Crippen molar-refractivity contribution in [1.82, 2.24) is 9.97 Å². The van der Waals surface area contributed by atoms with Gasteiger partial charge in [-0.15, -0.1) is 22.7 Å². The highest BCUT2D eigenvalue weighted by molar-refractivity contribution is 7.23. The van der Waals surface area contributed by atoms with E-state index in [-0.39, 0.29) is 12.6 Å². The van der Waals surface area contributed by atoms with Crippen LogP contribution in [0.2, 0.25) is 0 Å². The number of anilines is 1. The van der Waals surface area contributed by atoms with Gasteiger partial charge in [-0.1, -0.05) is 0 Å². The van der Waals surface area contributed by atoms with Gasteiger partial charge >= 0.3 is 0 Å². The normalized spacial score (nSPS) is 18.7. The van der Waals surface area contributed by atoms with E-state index >= 15 is 0 Å². The molecule has 0 aromatic carbocycles. The molecule has 3 aromatic heterocycles. The lowest BCUT2D eigenvalue weighted by Crippen LogP contribution is -2.31. The van der Waals surface area contributed by atoms with Crippen molar-refractivity contribution < 1.29 is 5.11 Å². The van der Waals surface area contributed by atoms with E-state index in [4.69, 9.17) is 0 Å². The Hall–Kier alpha value is -1.50. The minimum Gasteiger partial charge on any atom is -0.394 e. The number of aliphatic hydroxyl groups excluding tert-OH is 1. The standard InChI is InChI=1S/C15H15N3OS2/c19-9-10-2-1-4-18(10)14-6-11-12(15-17-3-5-20-15)7-16-8-13(11)21-14/h3,5-8,10,19H,1-2,4,9H2. The van der Waals surface area contributed by atoms with Gasteiger partial charge in [0.1, 0.15) is 5.01 Å². The molecule has 0 radical (unpaired) electrons. The van der Waals surface area contributed by atoms with Crippen LogP contribution in [-0.2, 0) is 0 Å². The Bertz CT molecular complexity index is 753. The second-order valence-corrected chi connectivity index (χ2v) is 7.15. The van der Waals surface area contributed by atoms with Crippen LogP contribution in [0.15, 0.2) is 30.0 Å². The molecular formula is C15H15N3OS2. The largest absolute Gasteiger partial charge is 0.394 e. The predicted octanol–water partition coefficient (Wildman–Crippen LogP) is 3.38. The molecule has 1 aliphatic heterocycles. The minimum atomic E-state index is 0.228. The molecule has 108 valence electrons. The Labute approximate surface area is 130 Å². The average molecular weight is 317 g/mol. The summed E-state index contributed by atoms with van der Waals surface area (Å²) in [4.78, 5) is 11.1. The van der Waals surface area contributed by atoms with Crippen LogP contribution in [0.25, 0.3) is 20.7 Å². The summed E-state index contributed by atoms with van der Waals surface area (Å²) >= 11 is 3.39. The molecule has 1 unspecified atom stereocenters. The summed E-state index contributed by atoms with van der Waals surface area (Å²) in [7, 11) is 0. The lowest BCUT2D eigenvalue weighted by Gasteiger charge is -2.23. The molecular weight excluding hydrogens is 302 g/mol. The van der Waals surface area contributed by atoms with Crippen LogP contribution in [-0.4, -0.2) is 34.3 Å². The van der Waals surface area contributed by atoms with Crippen LogP contribution in [0.5, 0.6) is 0 Å². The van der Waals surface area contributed by atoms with Gasteiger partial charge in [0.25, 0.3) is 0 Å². The van der Waals surface area contributed by atoms with Gasteiger partial charge in [0.15, 0.2) is 0 Å². The number of aliphatic hydroxyl groups is 1. The highest BCUT2D eigenvalue weighted by Crippen LogP contribution is 2.40. The van der Waals surface area contributed by atoms with E-state index < -0.39 is 0 Å². The Balaban J connectivity index is 1.81. The molecule has 1 fully saturated rings. The van der Waals surface area contributed by atoms with Gasteiger partial charge in [0.2, 0.25) is 0 Å². The Morgan fingerprint density at radius 2 is 2.33 bits per heavy atom. The summed E-state index contributed by atoms with van der Waals surface area (Å²) in [6.45, 7) is 1.25. The Morgan fingerprint density at radius 1 is 1.38 bits per heavy atom. The van der Waals surface area contributed by atoms with Crippen LogP contribution < -0.4 is 4.90 Å². The van der Waals surface area contributed by atoms with Crippen LogP contribution >= 0.6 is 22.7 Å². The third-order valence-electron chi connectivity index (χ3n) is 3.97. The molecule has 0 saturated carbocycles. The molecule has 4 rings (SSSR count). The van der Waals surface area contributed by atoms with E-state index in [2.05, 4.69) is 20.9 Å². The molecule has 0 aliphatic carbocycles. The van der Waals surface area contributed by atoms with Crippen molar-refractivity contribution in [1.29, 1.82) is 0 Å². The molecule has 1 atom stereocenters. The molecule has 4 heterocycles. The van der Waals surface area contributed by atoms with Crippen LogP contribution in [0.3, 0.4) is 0 Å². The number of nitrogens with zero attached hydrogens (tertiary/aromatic N) is 3. The Kier molecular flexibility index (Phi) is 3.37. The molecule has 0 bridgehead atoms. The maximum Gasteiger partial charge on any atom is 0.125 e. The number of thiazole rings is 1.